The smallest absolute Gasteiger partial charge is 0.265 e. The van der Waals surface area contributed by atoms with Gasteiger partial charge in [0.2, 0.25) is 0 Å². The van der Waals surface area contributed by atoms with Gasteiger partial charge in [0.1, 0.15) is 9.88 Å². The number of carbonyl (C=O) groups is 1. The first-order chi connectivity index (χ1) is 11.0. The molecule has 3 heterocycles. The van der Waals surface area contributed by atoms with Gasteiger partial charge in [0.15, 0.2) is 0 Å². The standard InChI is InChI=1S/C16H20ClN3OS2/c1-10-14(23-15(18-10)12-4-5-13(17)22-12)16(21)20-8-6-11(7-9-20)19(2)3/h4-5,11H,6-9H2,1-3H3. The summed E-state index contributed by atoms with van der Waals surface area (Å²) in [6.45, 7) is 3.55. The number of thiazole rings is 1. The summed E-state index contributed by atoms with van der Waals surface area (Å²) < 4.78 is 0.742. The van der Waals surface area contributed by atoms with Gasteiger partial charge in [-0.15, -0.1) is 22.7 Å². The van der Waals surface area contributed by atoms with Gasteiger partial charge in [0.05, 0.1) is 14.9 Å². The Kier molecular flexibility index (Phi) is 5.06. The second kappa shape index (κ2) is 6.89. The SMILES string of the molecule is Cc1nc(-c2ccc(Cl)s2)sc1C(=O)N1CCC(N(C)C)CC1. The summed E-state index contributed by atoms with van der Waals surface area (Å²) in [7, 11) is 4.21. The van der Waals surface area contributed by atoms with Crippen molar-refractivity contribution in [2.75, 3.05) is 27.2 Å². The van der Waals surface area contributed by atoms with E-state index in [0.29, 0.717) is 6.04 Å². The lowest BCUT2D eigenvalue weighted by Crippen LogP contribution is -2.44. The van der Waals surface area contributed by atoms with E-state index in [9.17, 15) is 4.79 Å². The minimum absolute atomic E-state index is 0.117. The fraction of sp³-hybridized carbons (Fsp3) is 0.500. The van der Waals surface area contributed by atoms with Gasteiger partial charge in [-0.1, -0.05) is 11.6 Å². The molecule has 1 amide bonds. The third-order valence-electron chi connectivity index (χ3n) is 4.26. The molecule has 7 heteroatoms. The molecule has 0 radical (unpaired) electrons. The topological polar surface area (TPSA) is 36.4 Å². The number of nitrogens with zero attached hydrogens (tertiary/aromatic N) is 3. The maximum Gasteiger partial charge on any atom is 0.265 e. The highest BCUT2D eigenvalue weighted by molar-refractivity contribution is 7.24. The summed E-state index contributed by atoms with van der Waals surface area (Å²) in [5.74, 6) is 0.117. The second-order valence-electron chi connectivity index (χ2n) is 6.02. The average molecular weight is 370 g/mol. The first kappa shape index (κ1) is 16.9. The molecule has 0 aliphatic carbocycles. The Morgan fingerprint density at radius 3 is 2.57 bits per heavy atom. The second-order valence-corrected chi connectivity index (χ2v) is 8.74. The Labute approximate surface area is 149 Å². The van der Waals surface area contributed by atoms with Crippen molar-refractivity contribution in [3.05, 3.63) is 27.0 Å². The van der Waals surface area contributed by atoms with Gasteiger partial charge in [-0.25, -0.2) is 4.98 Å². The largest absolute Gasteiger partial charge is 0.338 e. The van der Waals surface area contributed by atoms with Gasteiger partial charge in [-0.05, 0) is 46.0 Å². The molecule has 2 aromatic rings. The number of carbonyl (C=O) groups excluding carboxylic acids is 1. The van der Waals surface area contributed by atoms with E-state index >= 15 is 0 Å². The lowest BCUT2D eigenvalue weighted by molar-refractivity contribution is 0.0667. The molecule has 3 rings (SSSR count). The zero-order chi connectivity index (χ0) is 16.6. The van der Waals surface area contributed by atoms with Gasteiger partial charge >= 0.3 is 0 Å². The van der Waals surface area contributed by atoms with Crippen LogP contribution in [-0.2, 0) is 0 Å². The Morgan fingerprint density at radius 1 is 1.30 bits per heavy atom. The zero-order valence-corrected chi connectivity index (χ0v) is 15.9. The number of piperidine rings is 1. The summed E-state index contributed by atoms with van der Waals surface area (Å²) >= 11 is 8.97. The molecule has 0 N–H and O–H groups in total. The molecular weight excluding hydrogens is 350 g/mol. The number of halogens is 1. The maximum atomic E-state index is 12.8. The Balaban J connectivity index is 1.74. The molecule has 0 spiro atoms. The Bertz CT molecular complexity index is 702. The van der Waals surface area contributed by atoms with Crippen molar-refractivity contribution < 1.29 is 4.79 Å². The number of rotatable bonds is 3. The molecule has 1 aliphatic heterocycles. The van der Waals surface area contributed by atoms with E-state index in [1.807, 2.05) is 24.0 Å². The molecule has 0 bridgehead atoms. The highest BCUT2D eigenvalue weighted by Crippen LogP contribution is 2.35. The van der Waals surface area contributed by atoms with Crippen LogP contribution in [0.2, 0.25) is 4.34 Å². The van der Waals surface area contributed by atoms with Crippen molar-refractivity contribution in [1.82, 2.24) is 14.8 Å². The molecule has 1 fully saturated rings. The summed E-state index contributed by atoms with van der Waals surface area (Å²) in [5, 5.41) is 0.880. The first-order valence-corrected chi connectivity index (χ1v) is 9.65. The van der Waals surface area contributed by atoms with E-state index in [-0.39, 0.29) is 5.91 Å². The number of amides is 1. The van der Waals surface area contributed by atoms with E-state index in [1.54, 1.807) is 0 Å². The van der Waals surface area contributed by atoms with E-state index in [4.69, 9.17) is 11.6 Å². The Morgan fingerprint density at radius 2 is 2.00 bits per heavy atom. The minimum atomic E-state index is 0.117. The normalized spacial score (nSPS) is 16.3. The van der Waals surface area contributed by atoms with Crippen LogP contribution in [0.1, 0.15) is 28.2 Å². The van der Waals surface area contributed by atoms with Crippen molar-refractivity contribution in [2.45, 2.75) is 25.8 Å². The van der Waals surface area contributed by atoms with Crippen molar-refractivity contribution in [3.8, 4) is 9.88 Å². The van der Waals surface area contributed by atoms with Crippen LogP contribution >= 0.6 is 34.3 Å². The van der Waals surface area contributed by atoms with Gasteiger partial charge in [0.25, 0.3) is 5.91 Å². The molecule has 0 saturated carbocycles. The molecule has 124 valence electrons. The van der Waals surface area contributed by atoms with Crippen molar-refractivity contribution in [3.63, 3.8) is 0 Å². The van der Waals surface area contributed by atoms with Gasteiger partial charge in [-0.2, -0.15) is 0 Å². The van der Waals surface area contributed by atoms with Crippen LogP contribution in [0.15, 0.2) is 12.1 Å². The zero-order valence-electron chi connectivity index (χ0n) is 13.5. The van der Waals surface area contributed by atoms with Crippen molar-refractivity contribution in [1.29, 1.82) is 0 Å². The number of aryl methyl sites for hydroxylation is 1. The number of likely N-dealkylation sites (tertiary alicyclic amines) is 1. The summed E-state index contributed by atoms with van der Waals surface area (Å²) in [6, 6.07) is 4.40. The molecule has 0 atom stereocenters. The van der Waals surface area contributed by atoms with Gasteiger partial charge < -0.3 is 9.80 Å². The fourth-order valence-electron chi connectivity index (χ4n) is 2.86. The van der Waals surface area contributed by atoms with E-state index in [0.717, 1.165) is 50.7 Å². The highest BCUT2D eigenvalue weighted by Gasteiger charge is 2.27. The van der Waals surface area contributed by atoms with Gasteiger partial charge in [-0.3, -0.25) is 4.79 Å². The average Bonchev–Trinajstić information content (AvgIpc) is 3.12. The molecular formula is C16H20ClN3OS2. The minimum Gasteiger partial charge on any atom is -0.338 e. The number of thiophene rings is 1. The van der Waals surface area contributed by atoms with Crippen molar-refractivity contribution >= 4 is 40.2 Å². The van der Waals surface area contributed by atoms with Crippen molar-refractivity contribution in [2.24, 2.45) is 0 Å². The molecule has 23 heavy (non-hydrogen) atoms. The summed E-state index contributed by atoms with van der Waals surface area (Å²) in [5.41, 5.74) is 0.814. The highest BCUT2D eigenvalue weighted by atomic mass is 35.5. The fourth-order valence-corrected chi connectivity index (χ4v) is 4.99. The number of hydrogen-bond donors (Lipinski definition) is 0. The predicted octanol–water partition coefficient (Wildman–Crippen LogP) is 4.00. The molecule has 4 nitrogen and oxygen atoms in total. The van der Waals surface area contributed by atoms with E-state index < -0.39 is 0 Å². The van der Waals surface area contributed by atoms with Gasteiger partial charge in [0, 0.05) is 19.1 Å². The summed E-state index contributed by atoms with van der Waals surface area (Å²) in [4.78, 5) is 23.4. The summed E-state index contributed by atoms with van der Waals surface area (Å²) in [6.07, 6.45) is 2.06. The van der Waals surface area contributed by atoms with Crippen LogP contribution in [0.3, 0.4) is 0 Å². The predicted molar refractivity (Wildman–Crippen MR) is 97.8 cm³/mol. The third-order valence-corrected chi connectivity index (χ3v) is 6.80. The van der Waals surface area contributed by atoms with Crippen LogP contribution in [0.5, 0.6) is 0 Å². The van der Waals surface area contributed by atoms with Crippen LogP contribution in [0.4, 0.5) is 0 Å². The lowest BCUT2D eigenvalue weighted by atomic mass is 10.0. The quantitative estimate of drug-likeness (QED) is 0.820. The van der Waals surface area contributed by atoms with E-state index in [2.05, 4.69) is 24.0 Å². The van der Waals surface area contributed by atoms with Crippen LogP contribution in [0, 0.1) is 6.92 Å². The number of hydrogen-bond acceptors (Lipinski definition) is 5. The van der Waals surface area contributed by atoms with E-state index in [1.165, 1.54) is 22.7 Å². The molecule has 1 aliphatic rings. The molecule has 1 saturated heterocycles. The molecule has 0 aromatic carbocycles. The molecule has 2 aromatic heterocycles. The van der Waals surface area contributed by atoms with Crippen LogP contribution in [0.25, 0.3) is 9.88 Å². The lowest BCUT2D eigenvalue weighted by Gasteiger charge is -2.35. The Hall–Kier alpha value is -0.950. The van der Waals surface area contributed by atoms with Crippen LogP contribution in [-0.4, -0.2) is 53.9 Å². The first-order valence-electron chi connectivity index (χ1n) is 7.64. The monoisotopic (exact) mass is 369 g/mol. The number of aromatic nitrogens is 1. The maximum absolute atomic E-state index is 12.8. The van der Waals surface area contributed by atoms with Crippen LogP contribution < -0.4 is 0 Å². The third kappa shape index (κ3) is 3.60. The molecule has 0 unspecified atom stereocenters.